The highest BCUT2D eigenvalue weighted by atomic mass is 19.4. The number of rotatable bonds is 0. The van der Waals surface area contributed by atoms with Crippen molar-refractivity contribution in [2.45, 2.75) is 32.4 Å². The Bertz CT molecular complexity index is 744. The largest absolute Gasteiger partial charge is 0.508 e. The lowest BCUT2D eigenvalue weighted by Gasteiger charge is -2.24. The number of hydrogen-bond acceptors (Lipinski definition) is 1. The van der Waals surface area contributed by atoms with Crippen LogP contribution in [0.15, 0.2) is 24.3 Å². The second kappa shape index (κ2) is 4.70. The van der Waals surface area contributed by atoms with Gasteiger partial charge in [-0.25, -0.2) is 0 Å². The van der Waals surface area contributed by atoms with Crippen molar-refractivity contribution in [1.82, 2.24) is 0 Å². The molecule has 0 heterocycles. The van der Waals surface area contributed by atoms with Crippen LogP contribution in [-0.2, 0) is 11.6 Å². The molecule has 4 heteroatoms. The third kappa shape index (κ3) is 2.69. The number of phenolic OH excluding ortho intramolecular Hbond substituents is 1. The fourth-order valence-corrected chi connectivity index (χ4v) is 2.43. The smallest absolute Gasteiger partial charge is 0.417 e. The number of hydrogen-bond donors (Lipinski definition) is 1. The quantitative estimate of drug-likeness (QED) is 0.689. The molecule has 0 fully saturated rings. The molecule has 2 aromatic rings. The summed E-state index contributed by atoms with van der Waals surface area (Å²) in [7, 11) is 0. The molecule has 0 saturated heterocycles. The van der Waals surface area contributed by atoms with Gasteiger partial charge in [-0.3, -0.25) is 0 Å². The fourth-order valence-electron chi connectivity index (χ4n) is 2.43. The van der Waals surface area contributed by atoms with Crippen molar-refractivity contribution in [3.63, 3.8) is 0 Å². The molecule has 21 heavy (non-hydrogen) atoms. The predicted octanol–water partition coefficient (Wildman–Crippen LogP) is 4.84. The Morgan fingerprint density at radius 2 is 1.67 bits per heavy atom. The Morgan fingerprint density at radius 3 is 2.14 bits per heavy atom. The number of terminal acetylenes is 1. The summed E-state index contributed by atoms with van der Waals surface area (Å²) in [6, 6.07) is 5.20. The Kier molecular flexibility index (Phi) is 3.41. The van der Waals surface area contributed by atoms with E-state index < -0.39 is 17.2 Å². The second-order valence-corrected chi connectivity index (χ2v) is 5.97. The van der Waals surface area contributed by atoms with Crippen LogP contribution in [0.1, 0.15) is 37.5 Å². The molecule has 0 atom stereocenters. The minimum atomic E-state index is -4.51. The Hall–Kier alpha value is -2.15. The van der Waals surface area contributed by atoms with Gasteiger partial charge in [-0.1, -0.05) is 32.8 Å². The monoisotopic (exact) mass is 292 g/mol. The van der Waals surface area contributed by atoms with Gasteiger partial charge in [-0.15, -0.1) is 6.42 Å². The maximum atomic E-state index is 13.1. The van der Waals surface area contributed by atoms with Crippen LogP contribution in [0.4, 0.5) is 13.2 Å². The molecule has 0 aliphatic rings. The first-order valence-corrected chi connectivity index (χ1v) is 6.39. The van der Waals surface area contributed by atoms with Gasteiger partial charge in [0.25, 0.3) is 0 Å². The lowest BCUT2D eigenvalue weighted by Crippen LogP contribution is -2.14. The van der Waals surface area contributed by atoms with Crippen LogP contribution in [-0.4, -0.2) is 5.11 Å². The van der Waals surface area contributed by atoms with E-state index >= 15 is 0 Å². The third-order valence-corrected chi connectivity index (χ3v) is 3.36. The Morgan fingerprint density at radius 1 is 1.05 bits per heavy atom. The van der Waals surface area contributed by atoms with Crippen LogP contribution in [0.2, 0.25) is 0 Å². The minimum absolute atomic E-state index is 0.00940. The molecule has 1 N–H and O–H groups in total. The normalized spacial score (nSPS) is 12.4. The van der Waals surface area contributed by atoms with Crippen LogP contribution in [0.3, 0.4) is 0 Å². The molecule has 0 saturated carbocycles. The van der Waals surface area contributed by atoms with Crippen molar-refractivity contribution in [2.24, 2.45) is 0 Å². The van der Waals surface area contributed by atoms with Crippen molar-refractivity contribution in [3.8, 4) is 18.1 Å². The van der Waals surface area contributed by atoms with E-state index in [0.29, 0.717) is 16.3 Å². The number of fused-ring (bicyclic) bond motifs is 1. The summed E-state index contributed by atoms with van der Waals surface area (Å²) in [6.07, 6.45) is 0.840. The first-order valence-electron chi connectivity index (χ1n) is 6.39. The van der Waals surface area contributed by atoms with E-state index in [2.05, 4.69) is 5.92 Å². The lowest BCUT2D eigenvalue weighted by molar-refractivity contribution is -0.137. The zero-order chi connectivity index (χ0) is 16.0. The van der Waals surface area contributed by atoms with Crippen LogP contribution >= 0.6 is 0 Å². The highest BCUT2D eigenvalue weighted by Gasteiger charge is 2.34. The Balaban J connectivity index is 3.02. The SMILES string of the molecule is C#Cc1c(C(F)(F)F)ccc2cc(O)cc(C(C)(C)C)c12. The summed E-state index contributed by atoms with van der Waals surface area (Å²) in [6.45, 7) is 5.59. The Labute approximate surface area is 121 Å². The van der Waals surface area contributed by atoms with E-state index in [1.165, 1.54) is 18.2 Å². The van der Waals surface area contributed by atoms with Crippen LogP contribution in [0, 0.1) is 12.3 Å². The average molecular weight is 292 g/mol. The molecule has 2 aromatic carbocycles. The van der Waals surface area contributed by atoms with Gasteiger partial charge in [0.15, 0.2) is 0 Å². The van der Waals surface area contributed by atoms with E-state index in [1.807, 2.05) is 20.8 Å². The summed E-state index contributed by atoms with van der Waals surface area (Å²) >= 11 is 0. The number of phenols is 1. The lowest BCUT2D eigenvalue weighted by atomic mass is 9.81. The molecule has 0 bridgehead atoms. The minimum Gasteiger partial charge on any atom is -0.508 e. The second-order valence-electron chi connectivity index (χ2n) is 5.97. The van der Waals surface area contributed by atoms with E-state index in [1.54, 1.807) is 0 Å². The van der Waals surface area contributed by atoms with Gasteiger partial charge in [0.1, 0.15) is 5.75 Å². The number of alkyl halides is 3. The highest BCUT2D eigenvalue weighted by molar-refractivity contribution is 5.94. The number of halogens is 3. The summed E-state index contributed by atoms with van der Waals surface area (Å²) in [5.41, 5.74) is -0.859. The van der Waals surface area contributed by atoms with E-state index in [-0.39, 0.29) is 11.3 Å². The highest BCUT2D eigenvalue weighted by Crippen LogP contribution is 2.40. The number of benzene rings is 2. The summed E-state index contributed by atoms with van der Waals surface area (Å²) in [5, 5.41) is 10.7. The summed E-state index contributed by atoms with van der Waals surface area (Å²) < 4.78 is 39.4. The summed E-state index contributed by atoms with van der Waals surface area (Å²) in [4.78, 5) is 0. The molecular weight excluding hydrogens is 277 g/mol. The third-order valence-electron chi connectivity index (χ3n) is 3.36. The van der Waals surface area contributed by atoms with E-state index in [0.717, 1.165) is 6.07 Å². The van der Waals surface area contributed by atoms with Gasteiger partial charge < -0.3 is 5.11 Å². The van der Waals surface area contributed by atoms with Gasteiger partial charge in [0, 0.05) is 10.9 Å². The van der Waals surface area contributed by atoms with E-state index in [9.17, 15) is 18.3 Å². The maximum Gasteiger partial charge on any atom is 0.417 e. The van der Waals surface area contributed by atoms with Gasteiger partial charge in [-0.2, -0.15) is 13.2 Å². The molecule has 2 rings (SSSR count). The first-order chi connectivity index (χ1) is 9.55. The molecule has 0 aliphatic heterocycles. The van der Waals surface area contributed by atoms with Crippen molar-refractivity contribution >= 4 is 10.8 Å². The first kappa shape index (κ1) is 15.2. The molecule has 0 spiro atoms. The van der Waals surface area contributed by atoms with Crippen molar-refractivity contribution in [3.05, 3.63) is 41.0 Å². The number of aromatic hydroxyl groups is 1. The van der Waals surface area contributed by atoms with Gasteiger partial charge in [-0.05, 0) is 34.6 Å². The molecule has 0 unspecified atom stereocenters. The zero-order valence-electron chi connectivity index (χ0n) is 12.0. The standard InChI is InChI=1S/C17H15F3O/c1-5-12-13(17(18,19)20)7-6-10-8-11(21)9-14(15(10)12)16(2,3)4/h1,6-9,21H,2-4H3. The van der Waals surface area contributed by atoms with Gasteiger partial charge in [0.2, 0.25) is 0 Å². The molecule has 0 aromatic heterocycles. The fraction of sp³-hybridized carbons (Fsp3) is 0.294. The van der Waals surface area contributed by atoms with Gasteiger partial charge >= 0.3 is 6.18 Å². The van der Waals surface area contributed by atoms with Crippen LogP contribution in [0.5, 0.6) is 5.75 Å². The molecule has 110 valence electrons. The zero-order valence-corrected chi connectivity index (χ0v) is 12.0. The molecule has 0 amide bonds. The van der Waals surface area contributed by atoms with Crippen LogP contribution in [0.25, 0.3) is 10.8 Å². The molecule has 0 aliphatic carbocycles. The predicted molar refractivity (Wildman–Crippen MR) is 77.2 cm³/mol. The molecule has 0 radical (unpaired) electrons. The topological polar surface area (TPSA) is 20.2 Å². The van der Waals surface area contributed by atoms with Crippen molar-refractivity contribution in [2.75, 3.05) is 0 Å². The molecule has 1 nitrogen and oxygen atoms in total. The van der Waals surface area contributed by atoms with Crippen LogP contribution < -0.4 is 0 Å². The summed E-state index contributed by atoms with van der Waals surface area (Å²) in [5.74, 6) is 2.18. The van der Waals surface area contributed by atoms with Gasteiger partial charge in [0.05, 0.1) is 5.56 Å². The van der Waals surface area contributed by atoms with E-state index in [4.69, 9.17) is 6.42 Å². The van der Waals surface area contributed by atoms with Crippen molar-refractivity contribution < 1.29 is 18.3 Å². The average Bonchev–Trinajstić information content (AvgIpc) is 2.33. The maximum absolute atomic E-state index is 13.1. The molecular formula is C17H15F3O. The van der Waals surface area contributed by atoms with Crippen molar-refractivity contribution in [1.29, 1.82) is 0 Å².